The molecule has 0 spiro atoms. The van der Waals surface area contributed by atoms with Gasteiger partial charge in [-0.25, -0.2) is 16.8 Å². The van der Waals surface area contributed by atoms with Crippen molar-refractivity contribution in [2.24, 2.45) is 0 Å². The van der Waals surface area contributed by atoms with Gasteiger partial charge in [-0.15, -0.1) is 0 Å². The van der Waals surface area contributed by atoms with Crippen LogP contribution in [0.15, 0.2) is 47.4 Å². The van der Waals surface area contributed by atoms with Crippen molar-refractivity contribution in [1.29, 1.82) is 0 Å². The van der Waals surface area contributed by atoms with E-state index < -0.39 is 32.5 Å². The highest BCUT2D eigenvalue weighted by atomic mass is 32.2. The van der Waals surface area contributed by atoms with Crippen LogP contribution in [0.3, 0.4) is 0 Å². The van der Waals surface area contributed by atoms with E-state index in [1.807, 2.05) is 19.9 Å². The monoisotopic (exact) mass is 493 g/mol. The van der Waals surface area contributed by atoms with Crippen LogP contribution in [0.5, 0.6) is 0 Å². The second-order valence-electron chi connectivity index (χ2n) is 8.43. The van der Waals surface area contributed by atoms with Gasteiger partial charge in [0, 0.05) is 18.8 Å². The van der Waals surface area contributed by atoms with E-state index in [0.29, 0.717) is 24.5 Å². The minimum atomic E-state index is -3.69. The molecule has 1 N–H and O–H groups in total. The number of anilines is 2. The van der Waals surface area contributed by atoms with Gasteiger partial charge in [-0.3, -0.25) is 9.10 Å². The van der Waals surface area contributed by atoms with E-state index in [-0.39, 0.29) is 4.90 Å². The molecule has 180 valence electrons. The normalized spacial score (nSPS) is 15.6. The molecule has 1 aliphatic heterocycles. The van der Waals surface area contributed by atoms with Crippen LogP contribution in [0.4, 0.5) is 11.4 Å². The maximum Gasteiger partial charge on any atom is 0.245 e. The number of nitrogens with zero attached hydrogens (tertiary/aromatic N) is 2. The molecule has 10 heteroatoms. The third-order valence-corrected chi connectivity index (χ3v) is 8.86. The Morgan fingerprint density at radius 1 is 0.909 bits per heavy atom. The van der Waals surface area contributed by atoms with Crippen LogP contribution in [-0.2, 0) is 24.8 Å². The molecule has 0 radical (unpaired) electrons. The molecule has 1 fully saturated rings. The van der Waals surface area contributed by atoms with Crippen LogP contribution in [0.1, 0.15) is 36.8 Å². The van der Waals surface area contributed by atoms with Crippen LogP contribution < -0.4 is 9.62 Å². The lowest BCUT2D eigenvalue weighted by Crippen LogP contribution is -2.37. The van der Waals surface area contributed by atoms with Crippen molar-refractivity contribution in [2.75, 3.05) is 35.5 Å². The molecular weight excluding hydrogens is 462 g/mol. The Bertz CT molecular complexity index is 1200. The highest BCUT2D eigenvalue weighted by Gasteiger charge is 2.25. The zero-order valence-electron chi connectivity index (χ0n) is 19.2. The van der Waals surface area contributed by atoms with Crippen molar-refractivity contribution < 1.29 is 21.6 Å². The summed E-state index contributed by atoms with van der Waals surface area (Å²) < 4.78 is 53.0. The molecule has 0 unspecified atom stereocenters. The zero-order valence-corrected chi connectivity index (χ0v) is 20.9. The van der Waals surface area contributed by atoms with Crippen LogP contribution in [0.2, 0.25) is 0 Å². The number of hydrogen-bond acceptors (Lipinski definition) is 5. The van der Waals surface area contributed by atoms with E-state index in [1.54, 1.807) is 12.1 Å². The van der Waals surface area contributed by atoms with Gasteiger partial charge >= 0.3 is 0 Å². The van der Waals surface area contributed by atoms with Gasteiger partial charge in [0.1, 0.15) is 6.54 Å². The fourth-order valence-corrected chi connectivity index (χ4v) is 6.12. The first-order valence-corrected chi connectivity index (χ1v) is 14.2. The lowest BCUT2D eigenvalue weighted by atomic mass is 10.1. The number of sulfonamides is 2. The third-order valence-electron chi connectivity index (χ3n) is 5.81. The summed E-state index contributed by atoms with van der Waals surface area (Å²) in [6.45, 7) is 4.43. The van der Waals surface area contributed by atoms with Crippen molar-refractivity contribution in [3.63, 3.8) is 0 Å². The number of benzene rings is 2. The average molecular weight is 494 g/mol. The van der Waals surface area contributed by atoms with Crippen LogP contribution in [-0.4, -0.2) is 52.9 Å². The second-order valence-corrected chi connectivity index (χ2v) is 12.3. The average Bonchev–Trinajstić information content (AvgIpc) is 3.04. The van der Waals surface area contributed by atoms with Gasteiger partial charge in [-0.05, 0) is 74.2 Å². The number of carbonyl (C=O) groups excluding carboxylic acids is 1. The molecule has 33 heavy (non-hydrogen) atoms. The minimum absolute atomic E-state index is 0.176. The standard InChI is InChI=1S/C23H31N3O5S2/c1-18-8-11-21(16-19(18)2)26(32(3,28)29)17-23(27)24-20-9-12-22(13-10-20)33(30,31)25-14-6-4-5-7-15-25/h8-13,16H,4-7,14-15,17H2,1-3H3,(H,24,27). The topological polar surface area (TPSA) is 104 Å². The van der Waals surface area contributed by atoms with Crippen molar-refractivity contribution in [3.8, 4) is 0 Å². The molecule has 3 rings (SSSR count). The summed E-state index contributed by atoms with van der Waals surface area (Å²) in [5.74, 6) is -0.526. The molecule has 1 saturated heterocycles. The van der Waals surface area contributed by atoms with Gasteiger partial charge in [-0.1, -0.05) is 18.9 Å². The lowest BCUT2D eigenvalue weighted by molar-refractivity contribution is -0.114. The van der Waals surface area contributed by atoms with E-state index in [1.165, 1.54) is 28.6 Å². The highest BCUT2D eigenvalue weighted by Crippen LogP contribution is 2.23. The number of hydrogen-bond donors (Lipinski definition) is 1. The van der Waals surface area contributed by atoms with Crippen molar-refractivity contribution in [1.82, 2.24) is 4.31 Å². The van der Waals surface area contributed by atoms with E-state index in [4.69, 9.17) is 0 Å². The van der Waals surface area contributed by atoms with Crippen molar-refractivity contribution in [3.05, 3.63) is 53.6 Å². The molecule has 0 aromatic heterocycles. The largest absolute Gasteiger partial charge is 0.325 e. The van der Waals surface area contributed by atoms with Gasteiger partial charge in [-0.2, -0.15) is 4.31 Å². The molecule has 2 aromatic carbocycles. The molecule has 1 aliphatic rings. The molecule has 8 nitrogen and oxygen atoms in total. The molecular formula is C23H31N3O5S2. The Labute approximate surface area is 196 Å². The van der Waals surface area contributed by atoms with E-state index in [0.717, 1.165) is 47.4 Å². The number of rotatable bonds is 7. The Balaban J connectivity index is 1.72. The molecule has 1 amide bonds. The van der Waals surface area contributed by atoms with Gasteiger partial charge in [0.25, 0.3) is 0 Å². The quantitative estimate of drug-likeness (QED) is 0.638. The molecule has 1 heterocycles. The third kappa shape index (κ3) is 6.33. The van der Waals surface area contributed by atoms with Crippen LogP contribution in [0, 0.1) is 13.8 Å². The zero-order chi connectivity index (χ0) is 24.2. The Kier molecular flexibility index (Phi) is 7.81. The van der Waals surface area contributed by atoms with Crippen molar-refractivity contribution in [2.45, 2.75) is 44.4 Å². The second kappa shape index (κ2) is 10.2. The van der Waals surface area contributed by atoms with Gasteiger partial charge in [0.05, 0.1) is 16.8 Å². The first-order chi connectivity index (χ1) is 15.5. The van der Waals surface area contributed by atoms with E-state index in [9.17, 15) is 21.6 Å². The van der Waals surface area contributed by atoms with E-state index in [2.05, 4.69) is 5.32 Å². The molecule has 0 atom stereocenters. The Morgan fingerprint density at radius 2 is 1.52 bits per heavy atom. The number of amides is 1. The summed E-state index contributed by atoms with van der Waals surface area (Å²) in [4.78, 5) is 12.8. The molecule has 0 aliphatic carbocycles. The number of aryl methyl sites for hydroxylation is 2. The summed E-state index contributed by atoms with van der Waals surface area (Å²) in [7, 11) is -7.27. The lowest BCUT2D eigenvalue weighted by Gasteiger charge is -2.23. The summed E-state index contributed by atoms with van der Waals surface area (Å²) in [5.41, 5.74) is 2.74. The maximum absolute atomic E-state index is 12.9. The van der Waals surface area contributed by atoms with Crippen LogP contribution in [0.25, 0.3) is 0 Å². The number of carbonyl (C=O) groups is 1. The summed E-state index contributed by atoms with van der Waals surface area (Å²) in [5, 5.41) is 2.65. The SMILES string of the molecule is Cc1ccc(N(CC(=O)Nc2ccc(S(=O)(=O)N3CCCCCC3)cc2)S(C)(=O)=O)cc1C. The van der Waals surface area contributed by atoms with Gasteiger partial charge < -0.3 is 5.32 Å². The molecule has 0 bridgehead atoms. The highest BCUT2D eigenvalue weighted by molar-refractivity contribution is 7.92. The predicted molar refractivity (Wildman–Crippen MR) is 130 cm³/mol. The van der Waals surface area contributed by atoms with Crippen molar-refractivity contribution >= 4 is 37.3 Å². The summed E-state index contributed by atoms with van der Waals surface area (Å²) in [6, 6.07) is 11.2. The fraction of sp³-hybridized carbons (Fsp3) is 0.435. The summed E-state index contributed by atoms with van der Waals surface area (Å²) in [6.07, 6.45) is 4.82. The minimum Gasteiger partial charge on any atom is -0.325 e. The maximum atomic E-state index is 12.9. The van der Waals surface area contributed by atoms with Gasteiger partial charge in [0.2, 0.25) is 26.0 Å². The number of nitrogens with one attached hydrogen (secondary N) is 1. The smallest absolute Gasteiger partial charge is 0.245 e. The van der Waals surface area contributed by atoms with Crippen LogP contribution >= 0.6 is 0 Å². The summed E-state index contributed by atoms with van der Waals surface area (Å²) >= 11 is 0. The van der Waals surface area contributed by atoms with Gasteiger partial charge in [0.15, 0.2) is 0 Å². The molecule has 2 aromatic rings. The Hall–Kier alpha value is -2.43. The predicted octanol–water partition coefficient (Wildman–Crippen LogP) is 3.27. The fourth-order valence-electron chi connectivity index (χ4n) is 3.75. The van der Waals surface area contributed by atoms with E-state index >= 15 is 0 Å². The first-order valence-electron chi connectivity index (χ1n) is 10.9. The first kappa shape index (κ1) is 25.2. The molecule has 0 saturated carbocycles. The Morgan fingerprint density at radius 3 is 2.06 bits per heavy atom.